The van der Waals surface area contributed by atoms with E-state index in [1.807, 2.05) is 0 Å². The maximum atomic E-state index is 12.9. The van der Waals surface area contributed by atoms with Gasteiger partial charge in [-0.2, -0.15) is 13.2 Å². The minimum atomic E-state index is -4.74. The summed E-state index contributed by atoms with van der Waals surface area (Å²) in [5.74, 6) is 0. The number of nitro benzene ring substituents is 1. The lowest BCUT2D eigenvalue weighted by molar-refractivity contribution is -0.384. The van der Waals surface area contributed by atoms with E-state index >= 15 is 0 Å². The van der Waals surface area contributed by atoms with E-state index < -0.39 is 27.4 Å². The average Bonchev–Trinajstić information content (AvgIpc) is 3.08. The lowest BCUT2D eigenvalue weighted by Gasteiger charge is -2.35. The number of nitrogens with one attached hydrogen (secondary N) is 1. The van der Waals surface area contributed by atoms with Gasteiger partial charge in [-0.05, 0) is 25.3 Å². The largest absolute Gasteiger partial charge is 0.418 e. The summed E-state index contributed by atoms with van der Waals surface area (Å²) in [5, 5.41) is 13.7. The van der Waals surface area contributed by atoms with Crippen molar-refractivity contribution in [2.45, 2.75) is 37.5 Å². The molecule has 2 aliphatic heterocycles. The summed E-state index contributed by atoms with van der Waals surface area (Å²) >= 11 is 5.71. The molecule has 2 fully saturated rings. The summed E-state index contributed by atoms with van der Waals surface area (Å²) < 4.78 is 44.2. The Hall–Kier alpha value is -1.58. The van der Waals surface area contributed by atoms with Crippen molar-refractivity contribution in [2.75, 3.05) is 31.6 Å². The maximum absolute atomic E-state index is 12.9. The molecule has 2 saturated heterocycles. The van der Waals surface area contributed by atoms with Crippen LogP contribution in [0.4, 0.5) is 24.5 Å². The molecule has 26 heavy (non-hydrogen) atoms. The molecule has 0 bridgehead atoms. The van der Waals surface area contributed by atoms with E-state index in [4.69, 9.17) is 16.3 Å². The monoisotopic (exact) mass is 393 g/mol. The molecule has 1 aromatic rings. The first-order valence-corrected chi connectivity index (χ1v) is 8.77. The van der Waals surface area contributed by atoms with Crippen molar-refractivity contribution in [3.63, 3.8) is 0 Å². The van der Waals surface area contributed by atoms with Crippen LogP contribution < -0.4 is 5.32 Å². The van der Waals surface area contributed by atoms with Crippen LogP contribution in [0, 0.1) is 10.1 Å². The van der Waals surface area contributed by atoms with E-state index in [-0.39, 0.29) is 11.7 Å². The van der Waals surface area contributed by atoms with Gasteiger partial charge >= 0.3 is 6.18 Å². The molecule has 3 rings (SSSR count). The van der Waals surface area contributed by atoms with Gasteiger partial charge in [0.1, 0.15) is 5.69 Å². The van der Waals surface area contributed by atoms with Gasteiger partial charge in [0.2, 0.25) is 0 Å². The summed E-state index contributed by atoms with van der Waals surface area (Å²) in [4.78, 5) is 12.7. The topological polar surface area (TPSA) is 67.6 Å². The number of ether oxygens (including phenoxy) is 1. The smallest absolute Gasteiger partial charge is 0.380 e. The second-order valence-electron chi connectivity index (χ2n) is 6.58. The fourth-order valence-electron chi connectivity index (χ4n) is 3.48. The highest BCUT2D eigenvalue weighted by atomic mass is 35.5. The van der Waals surface area contributed by atoms with Gasteiger partial charge in [-0.15, -0.1) is 0 Å². The molecule has 6 nitrogen and oxygen atoms in total. The Morgan fingerprint density at radius 2 is 1.96 bits per heavy atom. The Balaban J connectivity index is 1.71. The molecule has 0 saturated carbocycles. The zero-order valence-electron chi connectivity index (χ0n) is 13.9. The Kier molecular flexibility index (Phi) is 5.59. The van der Waals surface area contributed by atoms with E-state index in [0.717, 1.165) is 51.6 Å². The van der Waals surface area contributed by atoms with Crippen LogP contribution in [0.1, 0.15) is 24.8 Å². The summed E-state index contributed by atoms with van der Waals surface area (Å²) in [6.07, 6.45) is -2.26. The third kappa shape index (κ3) is 4.21. The van der Waals surface area contributed by atoms with Gasteiger partial charge in [-0.1, -0.05) is 11.6 Å². The van der Waals surface area contributed by atoms with Crippen molar-refractivity contribution in [3.05, 3.63) is 32.8 Å². The molecule has 10 heteroatoms. The van der Waals surface area contributed by atoms with Crippen LogP contribution in [0.15, 0.2) is 12.1 Å². The lowest BCUT2D eigenvalue weighted by atomic mass is 10.0. The minimum absolute atomic E-state index is 0.0237. The first kappa shape index (κ1) is 19.2. The maximum Gasteiger partial charge on any atom is 0.418 e. The highest BCUT2D eigenvalue weighted by Gasteiger charge is 2.36. The predicted octanol–water partition coefficient (Wildman–Crippen LogP) is 3.93. The predicted molar refractivity (Wildman–Crippen MR) is 90.6 cm³/mol. The van der Waals surface area contributed by atoms with Crippen LogP contribution in [0.2, 0.25) is 5.02 Å². The second kappa shape index (κ2) is 7.58. The quantitative estimate of drug-likeness (QED) is 0.620. The fraction of sp³-hybridized carbons (Fsp3) is 0.625. The highest BCUT2D eigenvalue weighted by Crippen LogP contribution is 2.40. The molecule has 0 aliphatic carbocycles. The third-order valence-electron chi connectivity index (χ3n) is 4.90. The van der Waals surface area contributed by atoms with Crippen molar-refractivity contribution in [3.8, 4) is 0 Å². The van der Waals surface area contributed by atoms with Crippen molar-refractivity contribution in [1.29, 1.82) is 0 Å². The second-order valence-corrected chi connectivity index (χ2v) is 6.98. The van der Waals surface area contributed by atoms with E-state index in [2.05, 4.69) is 10.2 Å². The summed E-state index contributed by atoms with van der Waals surface area (Å²) in [6.45, 7) is 3.11. The molecule has 0 spiro atoms. The Morgan fingerprint density at radius 1 is 1.27 bits per heavy atom. The molecule has 1 atom stereocenters. The molecular weight excluding hydrogens is 375 g/mol. The van der Waals surface area contributed by atoms with Crippen LogP contribution in [-0.4, -0.2) is 48.2 Å². The molecule has 0 radical (unpaired) electrons. The van der Waals surface area contributed by atoms with E-state index in [9.17, 15) is 23.3 Å². The van der Waals surface area contributed by atoms with Crippen LogP contribution in [0.25, 0.3) is 0 Å². The molecule has 0 aromatic heterocycles. The molecule has 0 amide bonds. The number of likely N-dealkylation sites (tertiary alicyclic amines) is 1. The van der Waals surface area contributed by atoms with Gasteiger partial charge in [0.15, 0.2) is 0 Å². The number of nitrogens with zero attached hydrogens (tertiary/aromatic N) is 2. The Bertz CT molecular complexity index is 673. The van der Waals surface area contributed by atoms with E-state index in [0.29, 0.717) is 12.1 Å². The van der Waals surface area contributed by atoms with Gasteiger partial charge in [0.25, 0.3) is 5.69 Å². The van der Waals surface area contributed by atoms with E-state index in [1.165, 1.54) is 0 Å². The van der Waals surface area contributed by atoms with Crippen molar-refractivity contribution in [1.82, 2.24) is 4.90 Å². The summed E-state index contributed by atoms with van der Waals surface area (Å²) in [5.41, 5.74) is -1.79. The summed E-state index contributed by atoms with van der Waals surface area (Å²) in [7, 11) is 0. The number of hydrogen-bond donors (Lipinski definition) is 1. The molecule has 1 unspecified atom stereocenters. The van der Waals surface area contributed by atoms with Gasteiger partial charge in [-0.25, -0.2) is 0 Å². The number of rotatable bonds is 4. The molecule has 1 aromatic carbocycles. The lowest BCUT2D eigenvalue weighted by Crippen LogP contribution is -2.44. The highest BCUT2D eigenvalue weighted by molar-refractivity contribution is 6.31. The number of piperidine rings is 1. The van der Waals surface area contributed by atoms with Gasteiger partial charge in [0.05, 0.1) is 22.1 Å². The zero-order valence-corrected chi connectivity index (χ0v) is 14.6. The Labute approximate surface area is 153 Å². The molecule has 2 heterocycles. The van der Waals surface area contributed by atoms with Gasteiger partial charge in [-0.3, -0.25) is 15.0 Å². The van der Waals surface area contributed by atoms with Crippen molar-refractivity contribution >= 4 is 23.0 Å². The fourth-order valence-corrected chi connectivity index (χ4v) is 3.76. The van der Waals surface area contributed by atoms with Crippen LogP contribution in [-0.2, 0) is 10.9 Å². The number of nitro groups is 1. The first-order chi connectivity index (χ1) is 12.3. The number of halogens is 4. The number of anilines is 1. The minimum Gasteiger partial charge on any atom is -0.380 e. The number of hydrogen-bond acceptors (Lipinski definition) is 5. The van der Waals surface area contributed by atoms with Crippen molar-refractivity contribution in [2.24, 2.45) is 0 Å². The van der Waals surface area contributed by atoms with E-state index in [1.54, 1.807) is 0 Å². The molecule has 2 aliphatic rings. The number of alkyl halides is 3. The van der Waals surface area contributed by atoms with Gasteiger partial charge < -0.3 is 10.1 Å². The number of benzene rings is 1. The van der Waals surface area contributed by atoms with Gasteiger partial charge in [0, 0.05) is 37.8 Å². The first-order valence-electron chi connectivity index (χ1n) is 8.39. The van der Waals surface area contributed by atoms with Crippen LogP contribution >= 0.6 is 11.6 Å². The Morgan fingerprint density at radius 3 is 2.50 bits per heavy atom. The molecule has 1 N–H and O–H groups in total. The average molecular weight is 394 g/mol. The molecular formula is C16H19ClF3N3O3. The normalized spacial score (nSPS) is 22.5. The SMILES string of the molecule is O=[N+]([O-])c1cc(C(F)(F)F)c(Cl)cc1NC1CCN(C2CCOC2)CC1. The van der Waals surface area contributed by atoms with Crippen LogP contribution in [0.5, 0.6) is 0 Å². The zero-order chi connectivity index (χ0) is 18.9. The summed E-state index contributed by atoms with van der Waals surface area (Å²) in [6, 6.07) is 1.85. The standard InChI is InChI=1S/C16H19ClF3N3O3/c17-13-8-14(15(23(24)25)7-12(13)16(18,19)20)21-10-1-4-22(5-2-10)11-3-6-26-9-11/h7-8,10-11,21H,1-6,9H2. The third-order valence-corrected chi connectivity index (χ3v) is 5.21. The molecule has 144 valence electrons. The van der Waals surface area contributed by atoms with Crippen LogP contribution in [0.3, 0.4) is 0 Å². The van der Waals surface area contributed by atoms with Crippen molar-refractivity contribution < 1.29 is 22.8 Å².